The van der Waals surface area contributed by atoms with Crippen LogP contribution in [0.15, 0.2) is 11.1 Å². The van der Waals surface area contributed by atoms with Crippen molar-refractivity contribution >= 4 is 21.7 Å². The van der Waals surface area contributed by atoms with Crippen molar-refractivity contribution in [2.45, 2.75) is 50.3 Å². The Balaban J connectivity index is 1.85. The third kappa shape index (κ3) is 4.00. The number of likely N-dealkylation sites (tertiary alicyclic amines) is 1. The third-order valence-electron chi connectivity index (χ3n) is 5.25. The molecule has 0 spiro atoms. The maximum absolute atomic E-state index is 12.2. The Hall–Kier alpha value is -1.70. The summed E-state index contributed by atoms with van der Waals surface area (Å²) < 4.78 is 24.5. The Labute approximate surface area is 155 Å². The van der Waals surface area contributed by atoms with Crippen LogP contribution in [0.4, 0.5) is 5.95 Å². The van der Waals surface area contributed by atoms with Crippen molar-refractivity contribution < 1.29 is 13.2 Å². The van der Waals surface area contributed by atoms with Gasteiger partial charge >= 0.3 is 0 Å². The van der Waals surface area contributed by atoms with E-state index in [1.54, 1.807) is 0 Å². The summed E-state index contributed by atoms with van der Waals surface area (Å²) in [5, 5.41) is 0. The number of nitrogens with zero attached hydrogens (tertiary/aromatic N) is 4. The molecule has 0 N–H and O–H groups in total. The van der Waals surface area contributed by atoms with Gasteiger partial charge in [-0.1, -0.05) is 13.8 Å². The molecule has 144 valence electrons. The summed E-state index contributed by atoms with van der Waals surface area (Å²) in [6, 6.07) is 0. The molecular weight excluding hydrogens is 352 g/mol. The average molecular weight is 381 g/mol. The van der Waals surface area contributed by atoms with Crippen molar-refractivity contribution in [2.75, 3.05) is 37.3 Å². The summed E-state index contributed by atoms with van der Waals surface area (Å²) >= 11 is 0. The van der Waals surface area contributed by atoms with Crippen molar-refractivity contribution in [2.24, 2.45) is 5.92 Å². The molecule has 0 radical (unpaired) electrons. The first-order valence-corrected chi connectivity index (χ1v) is 11.3. The topological polar surface area (TPSA) is 83.5 Å². The second kappa shape index (κ2) is 7.50. The summed E-state index contributed by atoms with van der Waals surface area (Å²) in [7, 11) is -3.39. The second-order valence-electron chi connectivity index (χ2n) is 7.64. The predicted octanol–water partition coefficient (Wildman–Crippen LogP) is 1.84. The van der Waals surface area contributed by atoms with Gasteiger partial charge in [-0.2, -0.15) is 0 Å². The van der Waals surface area contributed by atoms with Crippen LogP contribution in [-0.2, 0) is 14.6 Å². The number of rotatable bonds is 4. The molecule has 0 bridgehead atoms. The van der Waals surface area contributed by atoms with E-state index in [1.807, 2.05) is 18.7 Å². The quantitative estimate of drug-likeness (QED) is 0.793. The number of hydrogen-bond donors (Lipinski definition) is 0. The second-order valence-corrected chi connectivity index (χ2v) is 9.62. The number of hydrogen-bond acceptors (Lipinski definition) is 6. The lowest BCUT2D eigenvalue weighted by atomic mass is 9.92. The maximum atomic E-state index is 12.2. The van der Waals surface area contributed by atoms with Crippen LogP contribution >= 0.6 is 0 Å². The van der Waals surface area contributed by atoms with Crippen molar-refractivity contribution in [1.82, 2.24) is 14.9 Å². The molecule has 2 fully saturated rings. The molecule has 7 nitrogen and oxygen atoms in total. The number of carbonyl (C=O) groups excluding carboxylic acids is 1. The first kappa shape index (κ1) is 19.1. The molecule has 1 amide bonds. The van der Waals surface area contributed by atoms with Crippen LogP contribution in [0.3, 0.4) is 0 Å². The summed E-state index contributed by atoms with van der Waals surface area (Å²) in [4.78, 5) is 25.4. The van der Waals surface area contributed by atoms with E-state index in [4.69, 9.17) is 0 Å². The van der Waals surface area contributed by atoms with E-state index in [9.17, 15) is 13.2 Å². The minimum atomic E-state index is -3.39. The molecule has 3 heterocycles. The number of aromatic nitrogens is 2. The first-order valence-electron chi connectivity index (χ1n) is 9.38. The van der Waals surface area contributed by atoms with Crippen LogP contribution < -0.4 is 4.90 Å². The van der Waals surface area contributed by atoms with Gasteiger partial charge in [0.1, 0.15) is 4.90 Å². The Morgan fingerprint density at radius 3 is 2.31 bits per heavy atom. The van der Waals surface area contributed by atoms with Gasteiger partial charge in [-0.3, -0.25) is 4.79 Å². The highest BCUT2D eigenvalue weighted by Crippen LogP contribution is 2.32. The van der Waals surface area contributed by atoms with Crippen molar-refractivity contribution in [3.8, 4) is 0 Å². The molecule has 26 heavy (non-hydrogen) atoms. The van der Waals surface area contributed by atoms with Crippen molar-refractivity contribution in [3.05, 3.63) is 11.9 Å². The number of anilines is 1. The molecule has 0 unspecified atom stereocenters. The van der Waals surface area contributed by atoms with Crippen LogP contribution in [0.2, 0.25) is 0 Å². The zero-order chi connectivity index (χ0) is 18.9. The van der Waals surface area contributed by atoms with Crippen LogP contribution in [0, 0.1) is 5.92 Å². The number of carbonyl (C=O) groups is 1. The highest BCUT2D eigenvalue weighted by atomic mass is 32.2. The molecule has 1 aromatic rings. The first-order chi connectivity index (χ1) is 12.3. The Kier molecular flexibility index (Phi) is 5.50. The normalized spacial score (nSPS) is 19.4. The van der Waals surface area contributed by atoms with Gasteiger partial charge < -0.3 is 9.80 Å². The van der Waals surface area contributed by atoms with E-state index in [1.165, 1.54) is 12.5 Å². The van der Waals surface area contributed by atoms with E-state index in [2.05, 4.69) is 14.9 Å². The van der Waals surface area contributed by atoms with Crippen LogP contribution in [-0.4, -0.2) is 61.6 Å². The fraction of sp³-hybridized carbons (Fsp3) is 0.722. The van der Waals surface area contributed by atoms with Gasteiger partial charge in [0.15, 0.2) is 9.84 Å². The molecule has 2 saturated heterocycles. The monoisotopic (exact) mass is 380 g/mol. The lowest BCUT2D eigenvalue weighted by Crippen LogP contribution is -2.40. The molecule has 0 saturated carbocycles. The summed E-state index contributed by atoms with van der Waals surface area (Å²) in [6.45, 7) is 6.94. The van der Waals surface area contributed by atoms with E-state index < -0.39 is 9.84 Å². The number of amides is 1. The summed E-state index contributed by atoms with van der Waals surface area (Å²) in [5.74, 6) is 0.817. The number of sulfone groups is 1. The zero-order valence-electron chi connectivity index (χ0n) is 15.8. The fourth-order valence-corrected chi connectivity index (χ4v) is 4.60. The fourth-order valence-electron chi connectivity index (χ4n) is 3.76. The molecule has 0 aromatic carbocycles. The smallest absolute Gasteiger partial charge is 0.225 e. The van der Waals surface area contributed by atoms with E-state index in [-0.39, 0.29) is 22.6 Å². The van der Waals surface area contributed by atoms with E-state index in [0.29, 0.717) is 24.7 Å². The predicted molar refractivity (Wildman–Crippen MR) is 100.0 cm³/mol. The van der Waals surface area contributed by atoms with Crippen LogP contribution in [0.25, 0.3) is 0 Å². The molecule has 8 heteroatoms. The molecule has 2 aliphatic heterocycles. The summed E-state index contributed by atoms with van der Waals surface area (Å²) in [5.41, 5.74) is 0.626. The largest absolute Gasteiger partial charge is 0.342 e. The number of piperidine rings is 1. The van der Waals surface area contributed by atoms with E-state index >= 15 is 0 Å². The van der Waals surface area contributed by atoms with Gasteiger partial charge in [0.25, 0.3) is 0 Å². The highest BCUT2D eigenvalue weighted by molar-refractivity contribution is 7.90. The Bertz CT molecular complexity index is 765. The molecular formula is C18H28N4O3S. The van der Waals surface area contributed by atoms with Crippen LogP contribution in [0.1, 0.15) is 51.1 Å². The lowest BCUT2D eigenvalue weighted by molar-refractivity contribution is -0.135. The SMILES string of the molecule is CC(C)C(=O)N1CCC(c2nc(N3CCCC3)ncc2S(C)(=O)=O)CC1. The van der Waals surface area contributed by atoms with Gasteiger partial charge in [0.2, 0.25) is 11.9 Å². The molecule has 0 atom stereocenters. The van der Waals surface area contributed by atoms with E-state index in [0.717, 1.165) is 38.8 Å². The summed E-state index contributed by atoms with van der Waals surface area (Å²) in [6.07, 6.45) is 6.37. The third-order valence-corrected chi connectivity index (χ3v) is 6.36. The van der Waals surface area contributed by atoms with Crippen molar-refractivity contribution in [3.63, 3.8) is 0 Å². The van der Waals surface area contributed by atoms with Gasteiger partial charge in [-0.15, -0.1) is 0 Å². The van der Waals surface area contributed by atoms with Gasteiger partial charge in [0, 0.05) is 44.3 Å². The molecule has 3 rings (SSSR count). The van der Waals surface area contributed by atoms with Gasteiger partial charge in [-0.05, 0) is 25.7 Å². The van der Waals surface area contributed by atoms with Gasteiger partial charge in [0.05, 0.1) is 11.9 Å². The lowest BCUT2D eigenvalue weighted by Gasteiger charge is -2.33. The zero-order valence-corrected chi connectivity index (χ0v) is 16.6. The van der Waals surface area contributed by atoms with Crippen LogP contribution in [0.5, 0.6) is 0 Å². The Morgan fingerprint density at radius 1 is 1.15 bits per heavy atom. The minimum Gasteiger partial charge on any atom is -0.342 e. The van der Waals surface area contributed by atoms with Crippen molar-refractivity contribution in [1.29, 1.82) is 0 Å². The average Bonchev–Trinajstić information content (AvgIpc) is 3.14. The minimum absolute atomic E-state index is 0.0149. The van der Waals surface area contributed by atoms with Gasteiger partial charge in [-0.25, -0.2) is 18.4 Å². The molecule has 0 aliphatic carbocycles. The Morgan fingerprint density at radius 2 is 1.77 bits per heavy atom. The highest BCUT2D eigenvalue weighted by Gasteiger charge is 2.30. The molecule has 1 aromatic heterocycles. The molecule has 2 aliphatic rings. The maximum Gasteiger partial charge on any atom is 0.225 e. The standard InChI is InChI=1S/C18H28N4O3S/c1-13(2)17(23)21-10-6-14(7-11-21)16-15(26(3,24)25)12-19-18(20-16)22-8-4-5-9-22/h12-14H,4-11H2,1-3H3.